The average molecular weight is 515 g/mol. The molecule has 6 rings (SSSR count). The van der Waals surface area contributed by atoms with Crippen LogP contribution in [0.5, 0.6) is 0 Å². The first-order valence-corrected chi connectivity index (χ1v) is 13.2. The molecule has 1 fully saturated rings. The van der Waals surface area contributed by atoms with Crippen LogP contribution in [0.4, 0.5) is 10.1 Å². The number of carbonyl (C=O) groups is 1. The predicted molar refractivity (Wildman–Crippen MR) is 146 cm³/mol. The SMILES string of the molecule is Cc1ccc(F)cc1CCNc1cc[nH]c(=O)c1-c1nc2cc3c(cc2[nH]1)CN(CCN1CCCC1)C3=O. The molecule has 0 aliphatic carbocycles. The van der Waals surface area contributed by atoms with E-state index in [0.29, 0.717) is 47.7 Å². The largest absolute Gasteiger partial charge is 0.384 e. The molecule has 0 radical (unpaired) electrons. The van der Waals surface area contributed by atoms with E-state index in [1.807, 2.05) is 24.0 Å². The van der Waals surface area contributed by atoms with Gasteiger partial charge in [-0.3, -0.25) is 9.59 Å². The van der Waals surface area contributed by atoms with Gasteiger partial charge in [0.25, 0.3) is 11.5 Å². The molecule has 196 valence electrons. The number of likely N-dealkylation sites (tertiary alicyclic amines) is 1. The van der Waals surface area contributed by atoms with Crippen molar-refractivity contribution in [2.24, 2.45) is 0 Å². The lowest BCUT2D eigenvalue weighted by Gasteiger charge is -2.20. The van der Waals surface area contributed by atoms with Crippen molar-refractivity contribution in [2.75, 3.05) is 38.0 Å². The Labute approximate surface area is 219 Å². The summed E-state index contributed by atoms with van der Waals surface area (Å²) in [6.07, 6.45) is 4.68. The van der Waals surface area contributed by atoms with Crippen molar-refractivity contribution in [2.45, 2.75) is 32.7 Å². The van der Waals surface area contributed by atoms with Gasteiger partial charge in [-0.05, 0) is 86.3 Å². The molecule has 8 nitrogen and oxygen atoms in total. The second-order valence-corrected chi connectivity index (χ2v) is 10.2. The molecular formula is C29H31FN6O2. The van der Waals surface area contributed by atoms with Gasteiger partial charge in [-0.2, -0.15) is 0 Å². The van der Waals surface area contributed by atoms with Crippen LogP contribution in [0, 0.1) is 12.7 Å². The third kappa shape index (κ3) is 4.69. The van der Waals surface area contributed by atoms with Crippen LogP contribution in [-0.4, -0.2) is 63.4 Å². The molecule has 1 saturated heterocycles. The summed E-state index contributed by atoms with van der Waals surface area (Å²) in [6.45, 7) is 6.93. The number of aromatic amines is 2. The van der Waals surface area contributed by atoms with Crippen LogP contribution in [0.25, 0.3) is 22.4 Å². The molecule has 2 aliphatic heterocycles. The van der Waals surface area contributed by atoms with E-state index in [2.05, 4.69) is 20.2 Å². The smallest absolute Gasteiger partial charge is 0.261 e. The van der Waals surface area contributed by atoms with Crippen molar-refractivity contribution in [3.63, 3.8) is 0 Å². The van der Waals surface area contributed by atoms with Crippen molar-refractivity contribution in [3.8, 4) is 11.4 Å². The van der Waals surface area contributed by atoms with Gasteiger partial charge in [-0.15, -0.1) is 0 Å². The summed E-state index contributed by atoms with van der Waals surface area (Å²) in [6, 6.07) is 10.4. The highest BCUT2D eigenvalue weighted by Crippen LogP contribution is 2.30. The van der Waals surface area contributed by atoms with Crippen LogP contribution in [0.2, 0.25) is 0 Å². The Morgan fingerprint density at radius 1 is 1.08 bits per heavy atom. The van der Waals surface area contributed by atoms with Crippen molar-refractivity contribution >= 4 is 22.6 Å². The van der Waals surface area contributed by atoms with Gasteiger partial charge in [0, 0.05) is 37.9 Å². The van der Waals surface area contributed by atoms with Crippen molar-refractivity contribution in [1.82, 2.24) is 24.8 Å². The summed E-state index contributed by atoms with van der Waals surface area (Å²) in [5.41, 5.74) is 5.81. The molecule has 0 spiro atoms. The summed E-state index contributed by atoms with van der Waals surface area (Å²) in [7, 11) is 0. The molecule has 38 heavy (non-hydrogen) atoms. The van der Waals surface area contributed by atoms with Gasteiger partial charge in [0.2, 0.25) is 0 Å². The maximum Gasteiger partial charge on any atom is 0.261 e. The maximum absolute atomic E-state index is 13.7. The van der Waals surface area contributed by atoms with E-state index in [9.17, 15) is 14.0 Å². The van der Waals surface area contributed by atoms with Gasteiger partial charge in [-0.25, -0.2) is 9.37 Å². The van der Waals surface area contributed by atoms with Crippen LogP contribution in [0.1, 0.15) is 39.9 Å². The number of nitrogens with zero attached hydrogens (tertiary/aromatic N) is 3. The van der Waals surface area contributed by atoms with Crippen molar-refractivity contribution in [3.05, 3.63) is 81.0 Å². The van der Waals surface area contributed by atoms with Gasteiger partial charge < -0.3 is 25.1 Å². The summed E-state index contributed by atoms with van der Waals surface area (Å²) >= 11 is 0. The number of hydrogen-bond acceptors (Lipinski definition) is 5. The number of imidazole rings is 1. The lowest BCUT2D eigenvalue weighted by Crippen LogP contribution is -2.33. The highest BCUT2D eigenvalue weighted by Gasteiger charge is 2.29. The highest BCUT2D eigenvalue weighted by atomic mass is 19.1. The van der Waals surface area contributed by atoms with E-state index in [0.717, 1.165) is 48.4 Å². The topological polar surface area (TPSA) is 97.1 Å². The lowest BCUT2D eigenvalue weighted by molar-refractivity contribution is 0.0763. The Balaban J connectivity index is 1.21. The standard InChI is InChI=1S/C29H31FN6O2/c1-18-4-5-21(30)14-19(18)6-8-31-23-7-9-32-28(37)26(23)27-33-24-15-20-17-36(13-12-35-10-2-3-11-35)29(38)22(20)16-25(24)34-27/h4-5,7,9,14-16H,2-3,6,8,10-13,17H2,1H3,(H,33,34)(H2,31,32,37). The fraction of sp³-hybridized carbons (Fsp3) is 0.345. The predicted octanol–water partition coefficient (Wildman–Crippen LogP) is 4.07. The number of rotatable bonds is 8. The van der Waals surface area contributed by atoms with Crippen molar-refractivity contribution < 1.29 is 9.18 Å². The number of carbonyl (C=O) groups excluding carboxylic acids is 1. The Bertz CT molecular complexity index is 1570. The molecule has 2 aliphatic rings. The van der Waals surface area contributed by atoms with Gasteiger partial charge in [-0.1, -0.05) is 6.07 Å². The normalized spacial score (nSPS) is 15.5. The number of pyridine rings is 1. The molecule has 0 unspecified atom stereocenters. The van der Waals surface area contributed by atoms with Gasteiger partial charge in [0.1, 0.15) is 17.2 Å². The second kappa shape index (κ2) is 10.1. The van der Waals surface area contributed by atoms with Crippen molar-refractivity contribution in [1.29, 1.82) is 0 Å². The van der Waals surface area contributed by atoms with Crippen LogP contribution < -0.4 is 10.9 Å². The molecule has 2 aromatic carbocycles. The number of fused-ring (bicyclic) bond motifs is 2. The quantitative estimate of drug-likeness (QED) is 0.329. The van der Waals surface area contributed by atoms with E-state index in [4.69, 9.17) is 4.98 Å². The molecule has 0 saturated carbocycles. The number of aryl methyl sites for hydroxylation is 1. The number of anilines is 1. The monoisotopic (exact) mass is 514 g/mol. The van der Waals surface area contributed by atoms with E-state index in [1.165, 1.54) is 18.9 Å². The molecule has 9 heteroatoms. The minimum Gasteiger partial charge on any atom is -0.384 e. The number of hydrogen-bond donors (Lipinski definition) is 3. The van der Waals surface area contributed by atoms with Crippen LogP contribution in [-0.2, 0) is 13.0 Å². The Hall–Kier alpha value is -3.98. The first-order chi connectivity index (χ1) is 18.5. The van der Waals surface area contributed by atoms with Gasteiger partial charge in [0.15, 0.2) is 0 Å². The summed E-state index contributed by atoms with van der Waals surface area (Å²) in [5, 5.41) is 3.32. The zero-order valence-corrected chi connectivity index (χ0v) is 21.4. The third-order valence-corrected chi connectivity index (χ3v) is 7.69. The average Bonchev–Trinajstić information content (AvgIpc) is 3.63. The van der Waals surface area contributed by atoms with E-state index >= 15 is 0 Å². The summed E-state index contributed by atoms with van der Waals surface area (Å²) in [4.78, 5) is 41.0. The molecule has 3 N–H and O–H groups in total. The van der Waals surface area contributed by atoms with E-state index in [1.54, 1.807) is 24.4 Å². The van der Waals surface area contributed by atoms with E-state index in [-0.39, 0.29) is 17.3 Å². The summed E-state index contributed by atoms with van der Waals surface area (Å²) in [5.74, 6) is 0.219. The second-order valence-electron chi connectivity index (χ2n) is 10.2. The fourth-order valence-electron chi connectivity index (χ4n) is 5.55. The molecular weight excluding hydrogens is 483 g/mol. The Kier molecular flexibility index (Phi) is 6.45. The van der Waals surface area contributed by atoms with Crippen LogP contribution >= 0.6 is 0 Å². The molecule has 1 amide bonds. The molecule has 0 atom stereocenters. The number of amides is 1. The zero-order chi connectivity index (χ0) is 26.2. The first kappa shape index (κ1) is 24.4. The highest BCUT2D eigenvalue weighted by molar-refractivity contribution is 6.02. The Morgan fingerprint density at radius 2 is 1.92 bits per heavy atom. The molecule has 0 bridgehead atoms. The third-order valence-electron chi connectivity index (χ3n) is 7.69. The van der Waals surface area contributed by atoms with Crippen LogP contribution in [0.3, 0.4) is 0 Å². The lowest BCUT2D eigenvalue weighted by atomic mass is 10.1. The van der Waals surface area contributed by atoms with Gasteiger partial charge in [0.05, 0.1) is 16.7 Å². The molecule has 2 aromatic heterocycles. The zero-order valence-electron chi connectivity index (χ0n) is 21.4. The molecule has 4 heterocycles. The maximum atomic E-state index is 13.7. The van der Waals surface area contributed by atoms with Gasteiger partial charge >= 0.3 is 0 Å². The van der Waals surface area contributed by atoms with Crippen LogP contribution in [0.15, 0.2) is 47.4 Å². The minimum atomic E-state index is -0.271. The van der Waals surface area contributed by atoms with E-state index < -0.39 is 0 Å². The minimum absolute atomic E-state index is 0.0400. The number of nitrogens with one attached hydrogen (secondary N) is 3. The fourth-order valence-corrected chi connectivity index (χ4v) is 5.55. The number of aromatic nitrogens is 3. The molecule has 4 aromatic rings. The number of halogens is 1. The number of benzene rings is 2. The summed E-state index contributed by atoms with van der Waals surface area (Å²) < 4.78 is 13.7. The number of H-pyrrole nitrogens is 2. The Morgan fingerprint density at radius 3 is 2.76 bits per heavy atom. The first-order valence-electron chi connectivity index (χ1n) is 13.2.